The Morgan fingerprint density at radius 2 is 2.00 bits per heavy atom. The van der Waals surface area contributed by atoms with Gasteiger partial charge in [0, 0.05) is 18.9 Å². The number of nitrogens with one attached hydrogen (secondary N) is 1. The van der Waals surface area contributed by atoms with Gasteiger partial charge in [0.25, 0.3) is 0 Å². The Bertz CT molecular complexity index is 305. The van der Waals surface area contributed by atoms with Crippen LogP contribution in [0.15, 0.2) is 24.5 Å². The van der Waals surface area contributed by atoms with E-state index in [4.69, 9.17) is 0 Å². The number of pyridine rings is 1. The van der Waals surface area contributed by atoms with Crippen LogP contribution in [-0.4, -0.2) is 34.9 Å². The molecule has 0 aliphatic heterocycles. The quantitative estimate of drug-likeness (QED) is 0.520. The van der Waals surface area contributed by atoms with Crippen molar-refractivity contribution in [3.63, 3.8) is 0 Å². The highest BCUT2D eigenvalue weighted by atomic mass is 16.3. The first-order chi connectivity index (χ1) is 8.74. The number of nitrogens with zero attached hydrogens (tertiary/aromatic N) is 2. The third-order valence-corrected chi connectivity index (χ3v) is 2.96. The fourth-order valence-electron chi connectivity index (χ4n) is 1.80. The van der Waals surface area contributed by atoms with Gasteiger partial charge in [-0.25, -0.2) is 0 Å². The summed E-state index contributed by atoms with van der Waals surface area (Å²) in [7, 11) is 1.91. The molecule has 1 unspecified atom stereocenters. The predicted molar refractivity (Wildman–Crippen MR) is 73.9 cm³/mol. The number of aliphatic hydroxyl groups is 1. The fourth-order valence-corrected chi connectivity index (χ4v) is 1.80. The van der Waals surface area contributed by atoms with Gasteiger partial charge in [0.05, 0.1) is 0 Å². The van der Waals surface area contributed by atoms with E-state index in [-0.39, 0.29) is 0 Å². The topological polar surface area (TPSA) is 48.4 Å². The van der Waals surface area contributed by atoms with Crippen molar-refractivity contribution < 1.29 is 5.11 Å². The van der Waals surface area contributed by atoms with Crippen LogP contribution in [0.1, 0.15) is 38.2 Å². The number of aliphatic hydroxyl groups excluding tert-OH is 1. The largest absolute Gasteiger partial charge is 0.365 e. The lowest BCUT2D eigenvalue weighted by Gasteiger charge is -2.24. The maximum atomic E-state index is 9.93. The Morgan fingerprint density at radius 3 is 2.67 bits per heavy atom. The molecule has 0 saturated carbocycles. The first-order valence-electron chi connectivity index (χ1n) is 6.74. The second-order valence-electron chi connectivity index (χ2n) is 4.66. The van der Waals surface area contributed by atoms with Crippen LogP contribution >= 0.6 is 0 Å². The average Bonchev–Trinajstić information content (AvgIpc) is 2.39. The highest BCUT2D eigenvalue weighted by molar-refractivity contribution is 5.09. The van der Waals surface area contributed by atoms with Crippen molar-refractivity contribution in [1.29, 1.82) is 0 Å². The Kier molecular flexibility index (Phi) is 7.57. The molecule has 0 fully saturated rings. The predicted octanol–water partition coefficient (Wildman–Crippen LogP) is 1.96. The summed E-state index contributed by atoms with van der Waals surface area (Å²) in [6.07, 6.45) is 7.81. The van der Waals surface area contributed by atoms with Crippen molar-refractivity contribution in [2.45, 2.75) is 45.5 Å². The van der Waals surface area contributed by atoms with Crippen molar-refractivity contribution >= 4 is 0 Å². The number of unbranched alkanes of at least 4 members (excludes halogenated alkanes) is 3. The molecule has 0 bridgehead atoms. The number of rotatable bonds is 9. The van der Waals surface area contributed by atoms with Gasteiger partial charge in [-0.2, -0.15) is 0 Å². The van der Waals surface area contributed by atoms with Crippen LogP contribution in [-0.2, 0) is 6.54 Å². The van der Waals surface area contributed by atoms with Crippen LogP contribution in [0.25, 0.3) is 0 Å². The summed E-state index contributed by atoms with van der Waals surface area (Å²) < 4.78 is 0. The summed E-state index contributed by atoms with van der Waals surface area (Å²) in [4.78, 5) is 5.86. The summed E-state index contributed by atoms with van der Waals surface area (Å²) in [6, 6.07) is 3.93. The minimum atomic E-state index is -0.584. The normalized spacial score (nSPS) is 12.9. The summed E-state index contributed by atoms with van der Waals surface area (Å²) in [5.41, 5.74) is 1.15. The van der Waals surface area contributed by atoms with Crippen LogP contribution in [0, 0.1) is 0 Å². The smallest absolute Gasteiger partial charge is 0.163 e. The maximum Gasteiger partial charge on any atom is 0.163 e. The van der Waals surface area contributed by atoms with Gasteiger partial charge in [0.1, 0.15) is 0 Å². The average molecular weight is 251 g/mol. The highest BCUT2D eigenvalue weighted by Crippen LogP contribution is 2.03. The van der Waals surface area contributed by atoms with Gasteiger partial charge in [-0.3, -0.25) is 15.2 Å². The summed E-state index contributed by atoms with van der Waals surface area (Å²) in [6.45, 7) is 3.78. The van der Waals surface area contributed by atoms with E-state index in [2.05, 4.69) is 17.2 Å². The molecule has 1 rings (SSSR count). The molecule has 1 heterocycles. The Morgan fingerprint density at radius 1 is 1.28 bits per heavy atom. The number of hydrogen-bond acceptors (Lipinski definition) is 4. The molecule has 4 nitrogen and oxygen atoms in total. The molecule has 1 atom stereocenters. The van der Waals surface area contributed by atoms with Crippen molar-refractivity contribution in [2.75, 3.05) is 13.6 Å². The second kappa shape index (κ2) is 9.03. The standard InChI is InChI=1S/C14H25N3O/c1-3-4-5-6-9-16-14(18)17(2)12-13-7-10-15-11-8-13/h7-8,10-11,14,16,18H,3-6,9,12H2,1-2H3. The maximum absolute atomic E-state index is 9.93. The molecule has 18 heavy (non-hydrogen) atoms. The zero-order valence-corrected chi connectivity index (χ0v) is 11.5. The van der Waals surface area contributed by atoms with E-state index in [9.17, 15) is 5.11 Å². The van der Waals surface area contributed by atoms with Gasteiger partial charge in [-0.15, -0.1) is 0 Å². The van der Waals surface area contributed by atoms with Crippen LogP contribution < -0.4 is 5.32 Å². The number of hydrogen-bond donors (Lipinski definition) is 2. The van der Waals surface area contributed by atoms with Crippen LogP contribution in [0.4, 0.5) is 0 Å². The van der Waals surface area contributed by atoms with Gasteiger partial charge >= 0.3 is 0 Å². The highest BCUT2D eigenvalue weighted by Gasteiger charge is 2.09. The lowest BCUT2D eigenvalue weighted by Crippen LogP contribution is -2.43. The molecule has 0 radical (unpaired) electrons. The molecule has 0 aromatic carbocycles. The van der Waals surface area contributed by atoms with Crippen LogP contribution in [0.3, 0.4) is 0 Å². The van der Waals surface area contributed by atoms with Crippen LogP contribution in [0.5, 0.6) is 0 Å². The fraction of sp³-hybridized carbons (Fsp3) is 0.643. The van der Waals surface area contributed by atoms with E-state index in [0.717, 1.165) is 18.5 Å². The van der Waals surface area contributed by atoms with E-state index in [0.29, 0.717) is 6.54 Å². The third kappa shape index (κ3) is 6.10. The number of aromatic nitrogens is 1. The van der Waals surface area contributed by atoms with E-state index in [1.165, 1.54) is 19.3 Å². The lowest BCUT2D eigenvalue weighted by atomic mass is 10.2. The SMILES string of the molecule is CCCCCCNC(O)N(C)Cc1ccncc1. The van der Waals surface area contributed by atoms with E-state index >= 15 is 0 Å². The van der Waals surface area contributed by atoms with Gasteiger partial charge in [-0.05, 0) is 37.7 Å². The summed E-state index contributed by atoms with van der Waals surface area (Å²) in [5, 5.41) is 13.1. The molecule has 0 aliphatic carbocycles. The van der Waals surface area contributed by atoms with Gasteiger partial charge in [0.15, 0.2) is 6.35 Å². The molecule has 2 N–H and O–H groups in total. The zero-order chi connectivity index (χ0) is 13.2. The molecular weight excluding hydrogens is 226 g/mol. The third-order valence-electron chi connectivity index (χ3n) is 2.96. The molecule has 0 amide bonds. The molecule has 0 saturated heterocycles. The van der Waals surface area contributed by atoms with Gasteiger partial charge in [-0.1, -0.05) is 26.2 Å². The lowest BCUT2D eigenvalue weighted by molar-refractivity contribution is -0.0104. The van der Waals surface area contributed by atoms with E-state index in [1.807, 2.05) is 24.1 Å². The summed E-state index contributed by atoms with van der Waals surface area (Å²) >= 11 is 0. The minimum Gasteiger partial charge on any atom is -0.365 e. The van der Waals surface area contributed by atoms with Crippen LogP contribution in [0.2, 0.25) is 0 Å². The first kappa shape index (κ1) is 15.1. The van der Waals surface area contributed by atoms with Crippen molar-refractivity contribution in [3.8, 4) is 0 Å². The second-order valence-corrected chi connectivity index (χ2v) is 4.66. The van der Waals surface area contributed by atoms with E-state index in [1.54, 1.807) is 12.4 Å². The molecule has 1 aromatic heterocycles. The van der Waals surface area contributed by atoms with Crippen molar-refractivity contribution in [1.82, 2.24) is 15.2 Å². The van der Waals surface area contributed by atoms with Gasteiger partial charge in [0.2, 0.25) is 0 Å². The molecule has 1 aromatic rings. The Balaban J connectivity index is 2.18. The molecular formula is C14H25N3O. The van der Waals surface area contributed by atoms with E-state index < -0.39 is 6.35 Å². The Labute approximate surface area is 110 Å². The summed E-state index contributed by atoms with van der Waals surface area (Å²) in [5.74, 6) is 0. The Hall–Kier alpha value is -0.970. The molecule has 0 spiro atoms. The van der Waals surface area contributed by atoms with Gasteiger partial charge < -0.3 is 5.11 Å². The van der Waals surface area contributed by atoms with Crippen molar-refractivity contribution in [3.05, 3.63) is 30.1 Å². The first-order valence-corrected chi connectivity index (χ1v) is 6.74. The minimum absolute atomic E-state index is 0.584. The van der Waals surface area contributed by atoms with Crippen molar-refractivity contribution in [2.24, 2.45) is 0 Å². The molecule has 0 aliphatic rings. The zero-order valence-electron chi connectivity index (χ0n) is 11.5. The molecule has 4 heteroatoms. The monoisotopic (exact) mass is 251 g/mol. The molecule has 102 valence electrons.